The summed E-state index contributed by atoms with van der Waals surface area (Å²) in [6.45, 7) is 11.4. The molecule has 0 radical (unpaired) electrons. The summed E-state index contributed by atoms with van der Waals surface area (Å²) in [6, 6.07) is 1.34. The van der Waals surface area contributed by atoms with E-state index in [4.69, 9.17) is 4.74 Å². The smallest absolute Gasteiger partial charge is 0.0462 e. The highest BCUT2D eigenvalue weighted by atomic mass is 16.5. The maximum Gasteiger partial charge on any atom is 0.0462 e. The van der Waals surface area contributed by atoms with Gasteiger partial charge in [0.2, 0.25) is 0 Å². The number of hydrogen-bond acceptors (Lipinski definition) is 3. The Bertz CT molecular complexity index is 185. The fourth-order valence-electron chi connectivity index (χ4n) is 2.27. The lowest BCUT2D eigenvalue weighted by Crippen LogP contribution is -2.57. The van der Waals surface area contributed by atoms with Crippen LogP contribution in [-0.2, 0) is 4.74 Å². The van der Waals surface area contributed by atoms with Gasteiger partial charge in [-0.25, -0.2) is 0 Å². The molecule has 1 aliphatic heterocycles. The van der Waals surface area contributed by atoms with Crippen LogP contribution in [0.4, 0.5) is 0 Å². The van der Waals surface area contributed by atoms with E-state index in [9.17, 15) is 0 Å². The second-order valence-electron chi connectivity index (χ2n) is 5.30. The van der Waals surface area contributed by atoms with Gasteiger partial charge in [0.15, 0.2) is 0 Å². The zero-order valence-electron chi connectivity index (χ0n) is 11.3. The number of nitrogens with one attached hydrogen (secondary N) is 1. The van der Waals surface area contributed by atoms with E-state index in [2.05, 4.69) is 31.0 Å². The van der Waals surface area contributed by atoms with Gasteiger partial charge in [-0.3, -0.25) is 4.90 Å². The number of methoxy groups -OCH3 is 1. The molecule has 16 heavy (non-hydrogen) atoms. The standard InChI is InChI=1S/C13H28N2O/c1-11(2)13-10-15(12(3)9-14-13)7-5-6-8-16-4/h11-14H,5-10H2,1-4H3. The van der Waals surface area contributed by atoms with Crippen LogP contribution in [0.1, 0.15) is 33.6 Å². The van der Waals surface area contributed by atoms with E-state index in [0.717, 1.165) is 19.1 Å². The van der Waals surface area contributed by atoms with Crippen molar-refractivity contribution in [2.24, 2.45) is 5.92 Å². The van der Waals surface area contributed by atoms with Crippen molar-refractivity contribution >= 4 is 0 Å². The average Bonchev–Trinajstić information content (AvgIpc) is 2.26. The van der Waals surface area contributed by atoms with Crippen LogP contribution < -0.4 is 5.32 Å². The average molecular weight is 228 g/mol. The third-order valence-electron chi connectivity index (χ3n) is 3.58. The van der Waals surface area contributed by atoms with Crippen LogP contribution in [0.3, 0.4) is 0 Å². The van der Waals surface area contributed by atoms with Crippen LogP contribution in [0.2, 0.25) is 0 Å². The minimum absolute atomic E-state index is 0.665. The Balaban J connectivity index is 2.26. The van der Waals surface area contributed by atoms with Crippen molar-refractivity contribution in [2.45, 2.75) is 45.7 Å². The summed E-state index contributed by atoms with van der Waals surface area (Å²) in [7, 11) is 1.78. The SMILES string of the molecule is COCCCCN1CC(C(C)C)NCC1C. The molecule has 2 unspecified atom stereocenters. The largest absolute Gasteiger partial charge is 0.385 e. The van der Waals surface area contributed by atoms with Gasteiger partial charge in [-0.2, -0.15) is 0 Å². The zero-order valence-corrected chi connectivity index (χ0v) is 11.3. The number of piperazine rings is 1. The van der Waals surface area contributed by atoms with Crippen molar-refractivity contribution < 1.29 is 4.74 Å². The molecule has 0 aliphatic carbocycles. The molecule has 0 aromatic rings. The summed E-state index contributed by atoms with van der Waals surface area (Å²) in [5.74, 6) is 0.731. The zero-order chi connectivity index (χ0) is 12.0. The highest BCUT2D eigenvalue weighted by Crippen LogP contribution is 2.13. The predicted molar refractivity (Wildman–Crippen MR) is 68.8 cm³/mol. The molecule has 1 fully saturated rings. The van der Waals surface area contributed by atoms with Gasteiger partial charge in [-0.15, -0.1) is 0 Å². The highest BCUT2D eigenvalue weighted by molar-refractivity contribution is 4.85. The first-order valence-electron chi connectivity index (χ1n) is 6.61. The monoisotopic (exact) mass is 228 g/mol. The molecule has 2 atom stereocenters. The van der Waals surface area contributed by atoms with E-state index < -0.39 is 0 Å². The third kappa shape index (κ3) is 4.40. The molecule has 1 saturated heterocycles. The fourth-order valence-corrected chi connectivity index (χ4v) is 2.27. The Labute approximate surface area is 101 Å². The Morgan fingerprint density at radius 2 is 2.12 bits per heavy atom. The molecule has 3 heteroatoms. The summed E-state index contributed by atoms with van der Waals surface area (Å²) in [6.07, 6.45) is 2.43. The number of ether oxygens (including phenoxy) is 1. The molecular formula is C13H28N2O. The number of nitrogens with zero attached hydrogens (tertiary/aromatic N) is 1. The lowest BCUT2D eigenvalue weighted by atomic mass is 9.99. The molecule has 3 nitrogen and oxygen atoms in total. The van der Waals surface area contributed by atoms with Crippen molar-refractivity contribution in [3.05, 3.63) is 0 Å². The van der Waals surface area contributed by atoms with Gasteiger partial charge in [-0.05, 0) is 32.2 Å². The topological polar surface area (TPSA) is 24.5 Å². The van der Waals surface area contributed by atoms with Gasteiger partial charge in [0.1, 0.15) is 0 Å². The van der Waals surface area contributed by atoms with E-state index in [0.29, 0.717) is 12.1 Å². The number of hydrogen-bond donors (Lipinski definition) is 1. The molecule has 1 aliphatic rings. The molecule has 0 aromatic carbocycles. The Kier molecular flexibility index (Phi) is 6.32. The maximum absolute atomic E-state index is 5.09. The molecule has 96 valence electrons. The van der Waals surface area contributed by atoms with E-state index in [1.165, 1.54) is 25.9 Å². The first kappa shape index (κ1) is 13.9. The van der Waals surface area contributed by atoms with Crippen LogP contribution in [-0.4, -0.2) is 50.3 Å². The summed E-state index contributed by atoms with van der Waals surface area (Å²) >= 11 is 0. The normalized spacial score (nSPS) is 27.6. The summed E-state index contributed by atoms with van der Waals surface area (Å²) in [4.78, 5) is 2.62. The third-order valence-corrected chi connectivity index (χ3v) is 3.58. The lowest BCUT2D eigenvalue weighted by Gasteiger charge is -2.40. The molecule has 0 spiro atoms. The molecule has 0 saturated carbocycles. The van der Waals surface area contributed by atoms with Gasteiger partial charge in [0.25, 0.3) is 0 Å². The van der Waals surface area contributed by atoms with Crippen LogP contribution in [0.5, 0.6) is 0 Å². The van der Waals surface area contributed by atoms with Gasteiger partial charge >= 0.3 is 0 Å². The first-order chi connectivity index (χ1) is 7.65. The van der Waals surface area contributed by atoms with E-state index >= 15 is 0 Å². The highest BCUT2D eigenvalue weighted by Gasteiger charge is 2.25. The molecule has 1 N–H and O–H groups in total. The molecule has 1 heterocycles. The van der Waals surface area contributed by atoms with Crippen LogP contribution in [0.25, 0.3) is 0 Å². The molecule has 0 bridgehead atoms. The first-order valence-corrected chi connectivity index (χ1v) is 6.61. The molecular weight excluding hydrogens is 200 g/mol. The van der Waals surface area contributed by atoms with E-state index in [1.54, 1.807) is 7.11 Å². The van der Waals surface area contributed by atoms with Gasteiger partial charge in [0, 0.05) is 38.9 Å². The minimum atomic E-state index is 0.665. The van der Waals surface area contributed by atoms with E-state index in [-0.39, 0.29) is 0 Å². The second kappa shape index (κ2) is 7.25. The lowest BCUT2D eigenvalue weighted by molar-refractivity contribution is 0.115. The summed E-state index contributed by atoms with van der Waals surface area (Å²) in [5.41, 5.74) is 0. The molecule has 0 aromatic heterocycles. The summed E-state index contributed by atoms with van der Waals surface area (Å²) < 4.78 is 5.09. The van der Waals surface area contributed by atoms with Crippen LogP contribution in [0, 0.1) is 5.92 Å². The Morgan fingerprint density at radius 1 is 1.38 bits per heavy atom. The number of rotatable bonds is 6. The molecule has 0 amide bonds. The second-order valence-corrected chi connectivity index (χ2v) is 5.30. The van der Waals surface area contributed by atoms with Crippen LogP contribution >= 0.6 is 0 Å². The van der Waals surface area contributed by atoms with Crippen molar-refractivity contribution in [3.63, 3.8) is 0 Å². The van der Waals surface area contributed by atoms with Crippen molar-refractivity contribution in [3.8, 4) is 0 Å². The quantitative estimate of drug-likeness (QED) is 0.701. The van der Waals surface area contributed by atoms with E-state index in [1.807, 2.05) is 0 Å². The van der Waals surface area contributed by atoms with Gasteiger partial charge in [-0.1, -0.05) is 13.8 Å². The predicted octanol–water partition coefficient (Wildman–Crippen LogP) is 1.73. The Morgan fingerprint density at radius 3 is 2.75 bits per heavy atom. The van der Waals surface area contributed by atoms with Crippen LogP contribution in [0.15, 0.2) is 0 Å². The number of unbranched alkanes of at least 4 members (excludes halogenated alkanes) is 1. The van der Waals surface area contributed by atoms with Gasteiger partial charge in [0.05, 0.1) is 0 Å². The Hall–Kier alpha value is -0.120. The fraction of sp³-hybridized carbons (Fsp3) is 1.00. The maximum atomic E-state index is 5.09. The minimum Gasteiger partial charge on any atom is -0.385 e. The van der Waals surface area contributed by atoms with Crippen molar-refractivity contribution in [1.82, 2.24) is 10.2 Å². The molecule has 1 rings (SSSR count). The van der Waals surface area contributed by atoms with Gasteiger partial charge < -0.3 is 10.1 Å². The van der Waals surface area contributed by atoms with Crippen molar-refractivity contribution in [2.75, 3.05) is 33.4 Å². The van der Waals surface area contributed by atoms with Crippen molar-refractivity contribution in [1.29, 1.82) is 0 Å². The summed E-state index contributed by atoms with van der Waals surface area (Å²) in [5, 5.41) is 3.63.